The fraction of sp³-hybridized carbons (Fsp3) is 0.217. The summed E-state index contributed by atoms with van der Waals surface area (Å²) < 4.78 is 40.7. The van der Waals surface area contributed by atoms with E-state index in [4.69, 9.17) is 9.15 Å². The number of pyridine rings is 1. The number of aryl methyl sites for hydroxylation is 1. The molecule has 0 atom stereocenters. The van der Waals surface area contributed by atoms with Gasteiger partial charge in [0.25, 0.3) is 15.9 Å². The zero-order valence-electron chi connectivity index (χ0n) is 17.4. The van der Waals surface area contributed by atoms with Crippen molar-refractivity contribution in [3.8, 4) is 0 Å². The molecule has 3 heterocycles. The summed E-state index contributed by atoms with van der Waals surface area (Å²) in [5, 5.41) is 1.23. The van der Waals surface area contributed by atoms with Crippen LogP contribution in [0.1, 0.15) is 16.1 Å². The summed E-state index contributed by atoms with van der Waals surface area (Å²) in [7, 11) is -4.07. The number of hydrogen-bond acceptors (Lipinski definition) is 6. The monoisotopic (exact) mass is 451 g/mol. The van der Waals surface area contributed by atoms with Crippen LogP contribution in [0.15, 0.2) is 64.0 Å². The van der Waals surface area contributed by atoms with E-state index in [1.807, 2.05) is 19.1 Å². The molecule has 0 saturated carbocycles. The van der Waals surface area contributed by atoms with Gasteiger partial charge < -0.3 is 14.1 Å². The molecular weight excluding hydrogens is 430 g/mol. The first-order valence-corrected chi connectivity index (χ1v) is 11.7. The summed E-state index contributed by atoms with van der Waals surface area (Å²) in [5.41, 5.74) is 1.84. The van der Waals surface area contributed by atoms with Crippen LogP contribution in [0, 0.1) is 6.92 Å². The molecular formula is C23H21N3O5S. The molecule has 0 unspecified atom stereocenters. The van der Waals surface area contributed by atoms with Crippen LogP contribution in [0.5, 0.6) is 0 Å². The van der Waals surface area contributed by atoms with Crippen LogP contribution in [0.2, 0.25) is 0 Å². The number of nitrogens with zero attached hydrogens (tertiary/aromatic N) is 2. The molecule has 0 spiro atoms. The van der Waals surface area contributed by atoms with E-state index in [0.717, 1.165) is 10.9 Å². The number of furan rings is 1. The summed E-state index contributed by atoms with van der Waals surface area (Å²) in [6.45, 7) is 3.57. The van der Waals surface area contributed by atoms with Crippen molar-refractivity contribution in [2.24, 2.45) is 0 Å². The van der Waals surface area contributed by atoms with Crippen molar-refractivity contribution < 1.29 is 22.4 Å². The molecule has 164 valence electrons. The molecule has 9 heteroatoms. The highest BCUT2D eigenvalue weighted by atomic mass is 32.2. The fourth-order valence-electron chi connectivity index (χ4n) is 3.86. The smallest absolute Gasteiger partial charge is 0.291 e. The van der Waals surface area contributed by atoms with Crippen molar-refractivity contribution in [1.82, 2.24) is 9.88 Å². The summed E-state index contributed by atoms with van der Waals surface area (Å²) in [6.07, 6.45) is 1.63. The molecule has 1 saturated heterocycles. The molecule has 0 bridgehead atoms. The number of nitrogens with one attached hydrogen (secondary N) is 1. The van der Waals surface area contributed by atoms with Crippen molar-refractivity contribution in [2.75, 3.05) is 31.0 Å². The van der Waals surface area contributed by atoms with Gasteiger partial charge in [-0.1, -0.05) is 24.3 Å². The number of morpholine rings is 1. The van der Waals surface area contributed by atoms with E-state index in [9.17, 15) is 13.2 Å². The number of ether oxygens (including phenoxy) is 1. The largest absolute Gasteiger partial charge is 0.449 e. The second-order valence-corrected chi connectivity index (χ2v) is 9.30. The Morgan fingerprint density at radius 2 is 1.88 bits per heavy atom. The van der Waals surface area contributed by atoms with Crippen LogP contribution in [0.25, 0.3) is 21.9 Å². The van der Waals surface area contributed by atoms with Crippen molar-refractivity contribution in [1.29, 1.82) is 0 Å². The highest BCUT2D eigenvalue weighted by molar-refractivity contribution is 7.93. The zero-order chi connectivity index (χ0) is 22.3. The SMILES string of the molecule is Cc1cnc2c(S(=O)(=O)Nc3c(C(=O)N4CCOCC4)oc4ccccc34)cccc2c1. The zero-order valence-corrected chi connectivity index (χ0v) is 18.2. The minimum atomic E-state index is -4.07. The predicted octanol–water partition coefficient (Wildman–Crippen LogP) is 3.56. The third-order valence-corrected chi connectivity index (χ3v) is 6.81. The van der Waals surface area contributed by atoms with Gasteiger partial charge in [-0.3, -0.25) is 14.5 Å². The van der Waals surface area contributed by atoms with Crippen LogP contribution in [-0.2, 0) is 14.8 Å². The predicted molar refractivity (Wildman–Crippen MR) is 120 cm³/mol. The topological polar surface area (TPSA) is 102 Å². The van der Waals surface area contributed by atoms with E-state index in [1.54, 1.807) is 41.4 Å². The number of fused-ring (bicyclic) bond motifs is 2. The number of benzene rings is 2. The van der Waals surface area contributed by atoms with Crippen molar-refractivity contribution in [3.63, 3.8) is 0 Å². The molecule has 1 N–H and O–H groups in total. The van der Waals surface area contributed by atoms with Gasteiger partial charge in [0.2, 0.25) is 5.76 Å². The normalized spacial score (nSPS) is 14.7. The first-order valence-electron chi connectivity index (χ1n) is 10.2. The van der Waals surface area contributed by atoms with E-state index in [2.05, 4.69) is 9.71 Å². The molecule has 4 aromatic rings. The van der Waals surface area contributed by atoms with Crippen molar-refractivity contribution in [2.45, 2.75) is 11.8 Å². The molecule has 0 aliphatic carbocycles. The van der Waals surface area contributed by atoms with E-state index in [-0.39, 0.29) is 22.3 Å². The minimum Gasteiger partial charge on any atom is -0.449 e. The number of carbonyl (C=O) groups excluding carboxylic acids is 1. The summed E-state index contributed by atoms with van der Waals surface area (Å²) in [5.74, 6) is -0.422. The summed E-state index contributed by atoms with van der Waals surface area (Å²) >= 11 is 0. The molecule has 0 radical (unpaired) electrons. The van der Waals surface area contributed by atoms with E-state index >= 15 is 0 Å². The third kappa shape index (κ3) is 3.59. The van der Waals surface area contributed by atoms with Gasteiger partial charge >= 0.3 is 0 Å². The Labute approximate surface area is 184 Å². The van der Waals surface area contributed by atoms with Gasteiger partial charge in [0.05, 0.1) is 18.7 Å². The molecule has 2 aromatic heterocycles. The first kappa shape index (κ1) is 20.5. The summed E-state index contributed by atoms with van der Waals surface area (Å²) in [4.78, 5) is 19.2. The van der Waals surface area contributed by atoms with Crippen LogP contribution in [0.3, 0.4) is 0 Å². The van der Waals surface area contributed by atoms with Gasteiger partial charge in [-0.2, -0.15) is 0 Å². The maximum Gasteiger partial charge on any atom is 0.291 e. The quantitative estimate of drug-likeness (QED) is 0.509. The van der Waals surface area contributed by atoms with E-state index in [1.165, 1.54) is 6.07 Å². The van der Waals surface area contributed by atoms with Crippen LogP contribution in [-0.4, -0.2) is 50.5 Å². The van der Waals surface area contributed by atoms with Gasteiger partial charge in [-0.05, 0) is 36.8 Å². The number of amides is 1. The first-order chi connectivity index (χ1) is 15.4. The van der Waals surface area contributed by atoms with E-state index in [0.29, 0.717) is 42.8 Å². The van der Waals surface area contributed by atoms with Crippen LogP contribution < -0.4 is 4.72 Å². The second-order valence-electron chi connectivity index (χ2n) is 7.65. The molecule has 1 aliphatic heterocycles. The van der Waals surface area contributed by atoms with Gasteiger partial charge in [0, 0.05) is 30.1 Å². The number of hydrogen-bond donors (Lipinski definition) is 1. The van der Waals surface area contributed by atoms with E-state index < -0.39 is 10.0 Å². The number of para-hydroxylation sites is 2. The van der Waals surface area contributed by atoms with Gasteiger partial charge in [0.1, 0.15) is 16.2 Å². The molecule has 5 rings (SSSR count). The number of rotatable bonds is 4. The number of sulfonamides is 1. The average molecular weight is 452 g/mol. The lowest BCUT2D eigenvalue weighted by atomic mass is 10.2. The lowest BCUT2D eigenvalue weighted by Gasteiger charge is -2.26. The Balaban J connectivity index is 1.61. The molecule has 2 aromatic carbocycles. The fourth-order valence-corrected chi connectivity index (χ4v) is 5.12. The van der Waals surface area contributed by atoms with Gasteiger partial charge in [0.15, 0.2) is 0 Å². The number of carbonyl (C=O) groups is 1. The summed E-state index contributed by atoms with van der Waals surface area (Å²) in [6, 6.07) is 13.8. The third-order valence-electron chi connectivity index (χ3n) is 5.42. The second kappa shape index (κ2) is 7.92. The van der Waals surface area contributed by atoms with Crippen LogP contribution in [0.4, 0.5) is 5.69 Å². The lowest BCUT2D eigenvalue weighted by molar-refractivity contribution is 0.0285. The highest BCUT2D eigenvalue weighted by Crippen LogP contribution is 2.34. The Morgan fingerprint density at radius 1 is 1.09 bits per heavy atom. The lowest BCUT2D eigenvalue weighted by Crippen LogP contribution is -2.40. The van der Waals surface area contributed by atoms with Crippen LogP contribution >= 0.6 is 0 Å². The van der Waals surface area contributed by atoms with Crippen molar-refractivity contribution in [3.05, 3.63) is 66.1 Å². The molecule has 1 fully saturated rings. The van der Waals surface area contributed by atoms with Gasteiger partial charge in [-0.25, -0.2) is 8.42 Å². The standard InChI is InChI=1S/C23H21N3O5S/c1-15-13-16-5-4-8-19(20(16)24-14-15)32(28,29)25-21-17-6-2-3-7-18(17)31-22(21)23(27)26-9-11-30-12-10-26/h2-8,13-14,25H,9-12H2,1H3. The average Bonchev–Trinajstić information content (AvgIpc) is 3.16. The maximum absolute atomic E-state index is 13.5. The Kier molecular flexibility index (Phi) is 5.07. The Bertz CT molecular complexity index is 1440. The molecule has 32 heavy (non-hydrogen) atoms. The number of anilines is 1. The minimum absolute atomic E-state index is 0.0325. The maximum atomic E-state index is 13.5. The Morgan fingerprint density at radius 3 is 2.69 bits per heavy atom. The molecule has 8 nitrogen and oxygen atoms in total. The number of aromatic nitrogens is 1. The molecule has 1 amide bonds. The highest BCUT2D eigenvalue weighted by Gasteiger charge is 2.30. The Hall–Kier alpha value is -3.43. The molecule has 1 aliphatic rings. The van der Waals surface area contributed by atoms with Crippen molar-refractivity contribution >= 4 is 43.5 Å². The van der Waals surface area contributed by atoms with Gasteiger partial charge in [-0.15, -0.1) is 0 Å².